The van der Waals surface area contributed by atoms with Gasteiger partial charge < -0.3 is 15.4 Å². The Balaban J connectivity index is 1.82. The molecule has 2 N–H and O–H groups in total. The maximum Gasteiger partial charge on any atom is 0.142 e. The first-order chi connectivity index (χ1) is 11.6. The van der Waals surface area contributed by atoms with Crippen LogP contribution in [0.25, 0.3) is 0 Å². The largest absolute Gasteiger partial charge is 0.495 e. The summed E-state index contributed by atoms with van der Waals surface area (Å²) in [7, 11) is 1.57. The lowest BCUT2D eigenvalue weighted by atomic mass is 10.3. The average Bonchev–Trinajstić information content (AvgIpc) is 2.55. The summed E-state index contributed by atoms with van der Waals surface area (Å²) in [5.41, 5.74) is 1.28. The van der Waals surface area contributed by atoms with E-state index in [1.165, 1.54) is 18.5 Å². The van der Waals surface area contributed by atoms with E-state index in [4.69, 9.17) is 16.3 Å². The predicted octanol–water partition coefficient (Wildman–Crippen LogP) is 4.76. The van der Waals surface area contributed by atoms with Crippen molar-refractivity contribution in [3.8, 4) is 5.75 Å². The van der Waals surface area contributed by atoms with Crippen molar-refractivity contribution in [1.82, 2.24) is 9.97 Å². The number of nitrogens with one attached hydrogen (secondary N) is 2. The molecular formula is C17H14ClFN4O. The minimum Gasteiger partial charge on any atom is -0.495 e. The molecule has 0 saturated carbocycles. The zero-order valence-corrected chi connectivity index (χ0v) is 13.5. The molecule has 0 bridgehead atoms. The van der Waals surface area contributed by atoms with Crippen LogP contribution in [0.15, 0.2) is 54.9 Å². The topological polar surface area (TPSA) is 59.1 Å². The van der Waals surface area contributed by atoms with Crippen molar-refractivity contribution < 1.29 is 9.13 Å². The SMILES string of the molecule is COc1ccc(Cl)cc1Nc1cc(Nc2cccc(F)c2)ncn1. The van der Waals surface area contributed by atoms with Gasteiger partial charge in [0, 0.05) is 16.8 Å². The molecule has 0 atom stereocenters. The molecule has 122 valence electrons. The van der Waals surface area contributed by atoms with Gasteiger partial charge in [-0.1, -0.05) is 17.7 Å². The lowest BCUT2D eigenvalue weighted by molar-refractivity contribution is 0.417. The highest BCUT2D eigenvalue weighted by Gasteiger charge is 2.06. The molecule has 3 rings (SSSR count). The normalized spacial score (nSPS) is 10.3. The van der Waals surface area contributed by atoms with Crippen LogP contribution in [-0.4, -0.2) is 17.1 Å². The summed E-state index contributed by atoms with van der Waals surface area (Å²) >= 11 is 6.02. The fourth-order valence-corrected chi connectivity index (χ4v) is 2.30. The average molecular weight is 345 g/mol. The van der Waals surface area contributed by atoms with Gasteiger partial charge in [0.15, 0.2) is 0 Å². The molecular weight excluding hydrogens is 331 g/mol. The van der Waals surface area contributed by atoms with E-state index in [1.807, 2.05) is 0 Å². The summed E-state index contributed by atoms with van der Waals surface area (Å²) in [6.45, 7) is 0. The Morgan fingerprint density at radius 3 is 2.54 bits per heavy atom. The Kier molecular flexibility index (Phi) is 4.77. The first kappa shape index (κ1) is 16.0. The Hall–Kier alpha value is -2.86. The lowest BCUT2D eigenvalue weighted by Gasteiger charge is -2.12. The van der Waals surface area contributed by atoms with Gasteiger partial charge in [-0.2, -0.15) is 0 Å². The summed E-state index contributed by atoms with van der Waals surface area (Å²) in [6, 6.07) is 13.1. The zero-order chi connectivity index (χ0) is 16.9. The second kappa shape index (κ2) is 7.14. The Bertz CT molecular complexity index is 859. The van der Waals surface area contributed by atoms with E-state index in [0.717, 1.165) is 0 Å². The first-order valence-corrected chi connectivity index (χ1v) is 7.47. The van der Waals surface area contributed by atoms with Gasteiger partial charge in [0.2, 0.25) is 0 Å². The molecule has 0 unspecified atom stereocenters. The Morgan fingerprint density at radius 1 is 1.00 bits per heavy atom. The van der Waals surface area contributed by atoms with Crippen molar-refractivity contribution in [3.05, 3.63) is 65.7 Å². The van der Waals surface area contributed by atoms with Crippen LogP contribution in [0.1, 0.15) is 0 Å². The van der Waals surface area contributed by atoms with Crippen molar-refractivity contribution in [2.75, 3.05) is 17.7 Å². The molecule has 7 heteroatoms. The summed E-state index contributed by atoms with van der Waals surface area (Å²) < 4.78 is 18.5. The minimum atomic E-state index is -0.323. The number of ether oxygens (including phenoxy) is 1. The quantitative estimate of drug-likeness (QED) is 0.698. The van der Waals surface area contributed by atoms with E-state index < -0.39 is 0 Å². The molecule has 0 fully saturated rings. The van der Waals surface area contributed by atoms with E-state index in [1.54, 1.807) is 43.5 Å². The molecule has 3 aromatic rings. The van der Waals surface area contributed by atoms with Gasteiger partial charge in [-0.05, 0) is 36.4 Å². The maximum atomic E-state index is 13.2. The molecule has 0 spiro atoms. The number of aromatic nitrogens is 2. The maximum absolute atomic E-state index is 13.2. The van der Waals surface area contributed by atoms with Gasteiger partial charge in [0.05, 0.1) is 12.8 Å². The van der Waals surface area contributed by atoms with E-state index in [9.17, 15) is 4.39 Å². The van der Waals surface area contributed by atoms with Crippen LogP contribution in [-0.2, 0) is 0 Å². The zero-order valence-electron chi connectivity index (χ0n) is 12.8. The van der Waals surface area contributed by atoms with Crippen LogP contribution in [0.3, 0.4) is 0 Å². The van der Waals surface area contributed by atoms with Crippen molar-refractivity contribution in [1.29, 1.82) is 0 Å². The molecule has 1 aromatic heterocycles. The molecule has 24 heavy (non-hydrogen) atoms. The molecule has 1 heterocycles. The van der Waals surface area contributed by atoms with Crippen molar-refractivity contribution in [2.24, 2.45) is 0 Å². The first-order valence-electron chi connectivity index (χ1n) is 7.09. The van der Waals surface area contributed by atoms with Crippen molar-refractivity contribution in [2.45, 2.75) is 0 Å². The summed E-state index contributed by atoms with van der Waals surface area (Å²) in [5.74, 6) is 1.39. The molecule has 0 aliphatic carbocycles. The van der Waals surface area contributed by atoms with Gasteiger partial charge in [-0.15, -0.1) is 0 Å². The molecule has 0 amide bonds. The van der Waals surface area contributed by atoms with Crippen LogP contribution < -0.4 is 15.4 Å². The second-order valence-corrected chi connectivity index (χ2v) is 5.33. The third-order valence-electron chi connectivity index (χ3n) is 3.19. The third kappa shape index (κ3) is 3.91. The van der Waals surface area contributed by atoms with Gasteiger partial charge in [-0.25, -0.2) is 14.4 Å². The molecule has 0 aliphatic heterocycles. The fourth-order valence-electron chi connectivity index (χ4n) is 2.12. The van der Waals surface area contributed by atoms with Crippen molar-refractivity contribution in [3.63, 3.8) is 0 Å². The number of rotatable bonds is 5. The number of hydrogen-bond donors (Lipinski definition) is 2. The number of methoxy groups -OCH3 is 1. The van der Waals surface area contributed by atoms with E-state index in [2.05, 4.69) is 20.6 Å². The Labute approximate surface area is 143 Å². The molecule has 0 saturated heterocycles. The standard InChI is InChI=1S/C17H14ClFN4O/c1-24-15-6-5-11(18)7-14(15)23-17-9-16(20-10-21-17)22-13-4-2-3-12(19)8-13/h2-10H,1H3,(H2,20,21,22,23). The highest BCUT2D eigenvalue weighted by Crippen LogP contribution is 2.30. The smallest absolute Gasteiger partial charge is 0.142 e. The number of halogens is 2. The summed E-state index contributed by atoms with van der Waals surface area (Å²) in [5, 5.41) is 6.72. The fraction of sp³-hybridized carbons (Fsp3) is 0.0588. The Morgan fingerprint density at radius 2 is 1.79 bits per heavy atom. The number of nitrogens with zero attached hydrogens (tertiary/aromatic N) is 2. The van der Waals surface area contributed by atoms with Gasteiger partial charge in [0.25, 0.3) is 0 Å². The van der Waals surface area contributed by atoms with Crippen LogP contribution in [0.2, 0.25) is 5.02 Å². The minimum absolute atomic E-state index is 0.323. The van der Waals surface area contributed by atoms with E-state index in [-0.39, 0.29) is 5.82 Å². The van der Waals surface area contributed by atoms with E-state index >= 15 is 0 Å². The van der Waals surface area contributed by atoms with Crippen molar-refractivity contribution >= 4 is 34.6 Å². The monoisotopic (exact) mass is 344 g/mol. The molecule has 0 aliphatic rings. The summed E-state index contributed by atoms with van der Waals surface area (Å²) in [4.78, 5) is 8.29. The van der Waals surface area contributed by atoms with Crippen LogP contribution >= 0.6 is 11.6 Å². The molecule has 2 aromatic carbocycles. The van der Waals surface area contributed by atoms with Crippen LogP contribution in [0, 0.1) is 5.82 Å². The second-order valence-electron chi connectivity index (χ2n) is 4.89. The molecule has 0 radical (unpaired) electrons. The number of benzene rings is 2. The highest BCUT2D eigenvalue weighted by atomic mass is 35.5. The predicted molar refractivity (Wildman–Crippen MR) is 93.0 cm³/mol. The van der Waals surface area contributed by atoms with Gasteiger partial charge >= 0.3 is 0 Å². The highest BCUT2D eigenvalue weighted by molar-refractivity contribution is 6.31. The van der Waals surface area contributed by atoms with Gasteiger partial charge in [-0.3, -0.25) is 0 Å². The third-order valence-corrected chi connectivity index (χ3v) is 3.42. The van der Waals surface area contributed by atoms with E-state index in [0.29, 0.717) is 33.8 Å². The van der Waals surface area contributed by atoms with Gasteiger partial charge in [0.1, 0.15) is 29.5 Å². The molecule has 5 nitrogen and oxygen atoms in total. The van der Waals surface area contributed by atoms with Crippen LogP contribution in [0.5, 0.6) is 5.75 Å². The number of hydrogen-bond acceptors (Lipinski definition) is 5. The van der Waals surface area contributed by atoms with Crippen LogP contribution in [0.4, 0.5) is 27.4 Å². The lowest BCUT2D eigenvalue weighted by Crippen LogP contribution is -2.00. The number of anilines is 4. The summed E-state index contributed by atoms with van der Waals surface area (Å²) in [6.07, 6.45) is 1.40.